The van der Waals surface area contributed by atoms with Crippen LogP contribution in [-0.4, -0.2) is 29.2 Å². The van der Waals surface area contributed by atoms with Crippen LogP contribution in [0.25, 0.3) is 0 Å². The third-order valence-electron chi connectivity index (χ3n) is 3.39. The van der Waals surface area contributed by atoms with Crippen LogP contribution in [0.15, 0.2) is 24.7 Å². The fourth-order valence-corrected chi connectivity index (χ4v) is 3.31. The predicted molar refractivity (Wildman–Crippen MR) is 76.6 cm³/mol. The first-order valence-electron chi connectivity index (χ1n) is 6.76. The maximum absolute atomic E-state index is 5.81. The standard InChI is InChI=1S/C14H19N3OS/c1-2-11-3-4-12(19-11)9-17-10-16-7-13(17)14-8-15-5-6-18-14/h3-4,7,10,14-15H,2,5-6,8-9H2,1H3. The van der Waals surface area contributed by atoms with E-state index < -0.39 is 0 Å². The van der Waals surface area contributed by atoms with Crippen molar-refractivity contribution in [1.82, 2.24) is 14.9 Å². The Morgan fingerprint density at radius 1 is 1.47 bits per heavy atom. The van der Waals surface area contributed by atoms with Gasteiger partial charge in [-0.25, -0.2) is 4.98 Å². The molecule has 0 spiro atoms. The Morgan fingerprint density at radius 2 is 2.37 bits per heavy atom. The van der Waals surface area contributed by atoms with E-state index >= 15 is 0 Å². The van der Waals surface area contributed by atoms with Crippen molar-refractivity contribution >= 4 is 11.3 Å². The first-order chi connectivity index (χ1) is 9.36. The number of ether oxygens (including phenoxy) is 1. The second-order valence-corrected chi connectivity index (χ2v) is 5.98. The highest BCUT2D eigenvalue weighted by molar-refractivity contribution is 7.11. The average molecular weight is 277 g/mol. The minimum atomic E-state index is 0.127. The van der Waals surface area contributed by atoms with Crippen LogP contribution in [-0.2, 0) is 17.7 Å². The summed E-state index contributed by atoms with van der Waals surface area (Å²) in [5.41, 5.74) is 1.17. The molecule has 3 rings (SSSR count). The van der Waals surface area contributed by atoms with Crippen LogP contribution in [0.1, 0.15) is 28.5 Å². The molecule has 3 heterocycles. The lowest BCUT2D eigenvalue weighted by atomic mass is 10.2. The Labute approximate surface area is 117 Å². The molecule has 1 atom stereocenters. The quantitative estimate of drug-likeness (QED) is 0.931. The molecule has 2 aromatic heterocycles. The zero-order valence-corrected chi connectivity index (χ0v) is 11.9. The molecular formula is C14H19N3OS. The van der Waals surface area contributed by atoms with Gasteiger partial charge >= 0.3 is 0 Å². The van der Waals surface area contributed by atoms with Gasteiger partial charge in [-0.1, -0.05) is 6.92 Å². The zero-order valence-electron chi connectivity index (χ0n) is 11.1. The maximum atomic E-state index is 5.81. The molecule has 0 bridgehead atoms. The van der Waals surface area contributed by atoms with E-state index in [1.165, 1.54) is 15.4 Å². The van der Waals surface area contributed by atoms with E-state index in [0.29, 0.717) is 0 Å². The summed E-state index contributed by atoms with van der Waals surface area (Å²) in [4.78, 5) is 7.09. The smallest absolute Gasteiger partial charge is 0.111 e. The Balaban J connectivity index is 1.75. The Morgan fingerprint density at radius 3 is 3.11 bits per heavy atom. The van der Waals surface area contributed by atoms with Crippen molar-refractivity contribution in [3.63, 3.8) is 0 Å². The molecule has 1 fully saturated rings. The van der Waals surface area contributed by atoms with Gasteiger partial charge in [0.25, 0.3) is 0 Å². The number of rotatable bonds is 4. The molecule has 1 saturated heterocycles. The molecule has 0 radical (unpaired) electrons. The largest absolute Gasteiger partial charge is 0.369 e. The highest BCUT2D eigenvalue weighted by atomic mass is 32.1. The average Bonchev–Trinajstić information content (AvgIpc) is 3.09. The molecule has 0 saturated carbocycles. The van der Waals surface area contributed by atoms with Crippen molar-refractivity contribution < 1.29 is 4.74 Å². The van der Waals surface area contributed by atoms with Gasteiger partial charge in [0.1, 0.15) is 6.10 Å². The minimum absolute atomic E-state index is 0.127. The lowest BCUT2D eigenvalue weighted by molar-refractivity contribution is 0.0230. The van der Waals surface area contributed by atoms with Gasteiger partial charge in [0, 0.05) is 22.8 Å². The minimum Gasteiger partial charge on any atom is -0.369 e. The fraction of sp³-hybridized carbons (Fsp3) is 0.500. The molecule has 1 aliphatic rings. The number of nitrogens with zero attached hydrogens (tertiary/aromatic N) is 2. The van der Waals surface area contributed by atoms with Gasteiger partial charge in [0.2, 0.25) is 0 Å². The van der Waals surface area contributed by atoms with Crippen molar-refractivity contribution in [1.29, 1.82) is 0 Å². The number of hydrogen-bond acceptors (Lipinski definition) is 4. The third-order valence-corrected chi connectivity index (χ3v) is 4.61. The predicted octanol–water partition coefficient (Wildman–Crippen LogP) is 2.22. The van der Waals surface area contributed by atoms with Crippen molar-refractivity contribution in [2.75, 3.05) is 19.7 Å². The molecule has 1 N–H and O–H groups in total. The zero-order chi connectivity index (χ0) is 13.1. The number of thiophene rings is 1. The normalized spacial score (nSPS) is 19.7. The molecule has 1 aliphatic heterocycles. The van der Waals surface area contributed by atoms with Gasteiger partial charge in [-0.15, -0.1) is 11.3 Å². The van der Waals surface area contributed by atoms with Crippen LogP contribution in [0.5, 0.6) is 0 Å². The van der Waals surface area contributed by atoms with E-state index in [1.54, 1.807) is 0 Å². The molecule has 2 aromatic rings. The molecular weight excluding hydrogens is 258 g/mol. The van der Waals surface area contributed by atoms with Gasteiger partial charge in [0.05, 0.1) is 31.4 Å². The molecule has 0 aromatic carbocycles. The van der Waals surface area contributed by atoms with Crippen LogP contribution in [0.4, 0.5) is 0 Å². The summed E-state index contributed by atoms with van der Waals surface area (Å²) in [6.07, 6.45) is 5.06. The van der Waals surface area contributed by atoms with Gasteiger partial charge in [-0.05, 0) is 18.6 Å². The third kappa shape index (κ3) is 2.88. The second-order valence-electron chi connectivity index (χ2n) is 4.73. The lowest BCUT2D eigenvalue weighted by Crippen LogP contribution is -2.34. The Bertz CT molecular complexity index is 528. The topological polar surface area (TPSA) is 39.1 Å². The highest BCUT2D eigenvalue weighted by Gasteiger charge is 2.19. The molecule has 102 valence electrons. The number of aromatic nitrogens is 2. The number of hydrogen-bond donors (Lipinski definition) is 1. The summed E-state index contributed by atoms with van der Waals surface area (Å²) in [6.45, 7) is 5.67. The monoisotopic (exact) mass is 277 g/mol. The van der Waals surface area contributed by atoms with E-state index in [4.69, 9.17) is 4.74 Å². The molecule has 5 heteroatoms. The van der Waals surface area contributed by atoms with E-state index in [1.807, 2.05) is 23.9 Å². The van der Waals surface area contributed by atoms with Gasteiger partial charge in [0.15, 0.2) is 0 Å². The Hall–Kier alpha value is -1.17. The first-order valence-corrected chi connectivity index (χ1v) is 7.58. The van der Waals surface area contributed by atoms with Gasteiger partial charge in [-0.2, -0.15) is 0 Å². The Kier molecular flexibility index (Phi) is 3.96. The van der Waals surface area contributed by atoms with E-state index in [0.717, 1.165) is 32.7 Å². The second kappa shape index (κ2) is 5.86. The van der Waals surface area contributed by atoms with Crippen molar-refractivity contribution in [3.05, 3.63) is 40.1 Å². The van der Waals surface area contributed by atoms with Crippen LogP contribution in [0, 0.1) is 0 Å². The summed E-state index contributed by atoms with van der Waals surface area (Å²) < 4.78 is 8.00. The number of aryl methyl sites for hydroxylation is 1. The van der Waals surface area contributed by atoms with E-state index in [9.17, 15) is 0 Å². The summed E-state index contributed by atoms with van der Waals surface area (Å²) >= 11 is 1.88. The summed E-state index contributed by atoms with van der Waals surface area (Å²) in [5.74, 6) is 0. The van der Waals surface area contributed by atoms with E-state index in [2.05, 4.69) is 33.9 Å². The molecule has 19 heavy (non-hydrogen) atoms. The SMILES string of the molecule is CCc1ccc(Cn2cncc2C2CNCCO2)s1. The maximum Gasteiger partial charge on any atom is 0.111 e. The van der Waals surface area contributed by atoms with E-state index in [-0.39, 0.29) is 6.10 Å². The summed E-state index contributed by atoms with van der Waals surface area (Å²) in [5, 5.41) is 3.36. The van der Waals surface area contributed by atoms with Crippen molar-refractivity contribution in [3.8, 4) is 0 Å². The number of imidazole rings is 1. The van der Waals surface area contributed by atoms with Gasteiger partial charge in [-0.3, -0.25) is 0 Å². The lowest BCUT2D eigenvalue weighted by Gasteiger charge is -2.24. The molecule has 0 aliphatic carbocycles. The summed E-state index contributed by atoms with van der Waals surface area (Å²) in [7, 11) is 0. The number of morpholine rings is 1. The van der Waals surface area contributed by atoms with Crippen LogP contribution in [0.2, 0.25) is 0 Å². The fourth-order valence-electron chi connectivity index (χ4n) is 2.35. The van der Waals surface area contributed by atoms with Crippen molar-refractivity contribution in [2.24, 2.45) is 0 Å². The molecule has 0 amide bonds. The number of nitrogens with one attached hydrogen (secondary N) is 1. The van der Waals surface area contributed by atoms with Crippen molar-refractivity contribution in [2.45, 2.75) is 26.0 Å². The molecule has 4 nitrogen and oxygen atoms in total. The molecule has 1 unspecified atom stereocenters. The van der Waals surface area contributed by atoms with Crippen LogP contribution in [0.3, 0.4) is 0 Å². The first kappa shape index (κ1) is 12.8. The van der Waals surface area contributed by atoms with Gasteiger partial charge < -0.3 is 14.6 Å². The highest BCUT2D eigenvalue weighted by Crippen LogP contribution is 2.22. The summed E-state index contributed by atoms with van der Waals surface area (Å²) in [6, 6.07) is 4.43. The van der Waals surface area contributed by atoms with Crippen LogP contribution >= 0.6 is 11.3 Å². The van der Waals surface area contributed by atoms with Crippen LogP contribution < -0.4 is 5.32 Å².